The third-order valence-electron chi connectivity index (χ3n) is 8.61. The van der Waals surface area contributed by atoms with Crippen LogP contribution in [0.5, 0.6) is 0 Å². The van der Waals surface area contributed by atoms with E-state index in [0.29, 0.717) is 28.0 Å². The van der Waals surface area contributed by atoms with E-state index in [1.807, 2.05) is 0 Å². The van der Waals surface area contributed by atoms with Crippen LogP contribution in [-0.4, -0.2) is 4.83 Å². The van der Waals surface area contributed by atoms with E-state index in [4.69, 9.17) is 0 Å². The van der Waals surface area contributed by atoms with Gasteiger partial charge in [-0.1, -0.05) is 110 Å². The molecule has 32 heavy (non-hydrogen) atoms. The van der Waals surface area contributed by atoms with Gasteiger partial charge in [-0.05, 0) is 91.1 Å². The lowest BCUT2D eigenvalue weighted by Gasteiger charge is -2.41. The number of hydrogen-bond acceptors (Lipinski definition) is 0. The van der Waals surface area contributed by atoms with Gasteiger partial charge in [-0.3, -0.25) is 0 Å². The van der Waals surface area contributed by atoms with Gasteiger partial charge in [0.15, 0.2) is 0 Å². The molecule has 0 N–H and O–H groups in total. The van der Waals surface area contributed by atoms with E-state index in [2.05, 4.69) is 110 Å². The van der Waals surface area contributed by atoms with Crippen molar-refractivity contribution < 1.29 is 0 Å². The van der Waals surface area contributed by atoms with Crippen molar-refractivity contribution in [1.29, 1.82) is 0 Å². The summed E-state index contributed by atoms with van der Waals surface area (Å²) in [5.74, 6) is 3.49. The first kappa shape index (κ1) is 23.8. The highest BCUT2D eigenvalue weighted by atomic mass is 79.9. The minimum Gasteiger partial charge on any atom is -0.0848 e. The van der Waals surface area contributed by atoms with Gasteiger partial charge in [-0.25, -0.2) is 0 Å². The summed E-state index contributed by atoms with van der Waals surface area (Å²) < 4.78 is 0. The van der Waals surface area contributed by atoms with E-state index >= 15 is 0 Å². The van der Waals surface area contributed by atoms with Crippen LogP contribution in [0.1, 0.15) is 64.0 Å². The number of allylic oxidation sites excluding steroid dienone is 8. The highest BCUT2D eigenvalue weighted by molar-refractivity contribution is 9.09. The van der Waals surface area contributed by atoms with Gasteiger partial charge in [0.2, 0.25) is 0 Å². The Bertz CT molecular complexity index is 874. The molecule has 1 aromatic carbocycles. The number of alkyl halides is 1. The zero-order valence-electron chi connectivity index (χ0n) is 20.2. The monoisotopic (exact) mass is 492 g/mol. The topological polar surface area (TPSA) is 0 Å². The summed E-state index contributed by atoms with van der Waals surface area (Å²) in [4.78, 5) is 0.476. The molecule has 0 spiro atoms. The number of hydrogen-bond donors (Lipinski definition) is 0. The Morgan fingerprint density at radius 2 is 1.69 bits per heavy atom. The van der Waals surface area contributed by atoms with Gasteiger partial charge in [0.1, 0.15) is 0 Å². The van der Waals surface area contributed by atoms with E-state index in [-0.39, 0.29) is 0 Å². The lowest BCUT2D eigenvalue weighted by atomic mass is 9.64. The lowest BCUT2D eigenvalue weighted by molar-refractivity contribution is 0.195. The first-order valence-electron chi connectivity index (χ1n) is 12.9. The molecule has 0 bridgehead atoms. The summed E-state index contributed by atoms with van der Waals surface area (Å²) in [7, 11) is 0. The van der Waals surface area contributed by atoms with Crippen molar-refractivity contribution in [2.75, 3.05) is 0 Å². The lowest BCUT2D eigenvalue weighted by Crippen LogP contribution is -2.31. The number of rotatable bonds is 3. The largest absolute Gasteiger partial charge is 0.0848 e. The molecule has 0 aromatic heterocycles. The van der Waals surface area contributed by atoms with E-state index in [1.54, 1.807) is 11.1 Å². The summed E-state index contributed by atoms with van der Waals surface area (Å²) in [6.45, 7) is 7.40. The molecule has 0 aliphatic heterocycles. The molecule has 7 unspecified atom stereocenters. The van der Waals surface area contributed by atoms with Gasteiger partial charge < -0.3 is 0 Å². The predicted octanol–water partition coefficient (Wildman–Crippen LogP) is 8.88. The molecule has 1 aromatic rings. The fraction of sp³-hybridized carbons (Fsp3) is 0.548. The van der Waals surface area contributed by atoms with Gasteiger partial charge in [-0.2, -0.15) is 0 Å². The summed E-state index contributed by atoms with van der Waals surface area (Å²) in [6, 6.07) is 9.14. The van der Waals surface area contributed by atoms with Crippen molar-refractivity contribution in [1.82, 2.24) is 0 Å². The molecular formula is C31H41Br. The van der Waals surface area contributed by atoms with E-state index in [1.165, 1.54) is 44.9 Å². The van der Waals surface area contributed by atoms with Crippen LogP contribution < -0.4 is 0 Å². The van der Waals surface area contributed by atoms with Gasteiger partial charge in [0.05, 0.1) is 0 Å². The zero-order chi connectivity index (χ0) is 22.6. The Hall–Kier alpha value is -1.34. The van der Waals surface area contributed by atoms with E-state index in [0.717, 1.165) is 11.8 Å². The molecule has 0 saturated heterocycles. The van der Waals surface area contributed by atoms with Gasteiger partial charge >= 0.3 is 0 Å². The van der Waals surface area contributed by atoms with Crippen molar-refractivity contribution in [2.45, 2.75) is 70.5 Å². The van der Waals surface area contributed by atoms with Gasteiger partial charge in [-0.15, -0.1) is 0 Å². The molecule has 4 rings (SSSR count). The van der Waals surface area contributed by atoms with Crippen LogP contribution in [0.25, 0.3) is 0 Å². The Kier molecular flexibility index (Phi) is 7.98. The Morgan fingerprint density at radius 3 is 2.38 bits per heavy atom. The first-order chi connectivity index (χ1) is 15.4. The molecule has 0 radical (unpaired) electrons. The molecule has 0 amide bonds. The summed E-state index contributed by atoms with van der Waals surface area (Å²) in [5, 5.41) is 0. The van der Waals surface area contributed by atoms with E-state index in [9.17, 15) is 0 Å². The predicted molar refractivity (Wildman–Crippen MR) is 143 cm³/mol. The number of aryl methyl sites for hydroxylation is 2. The Balaban J connectivity index is 1.48. The number of halogens is 1. The molecular weight excluding hydrogens is 452 g/mol. The summed E-state index contributed by atoms with van der Waals surface area (Å²) in [6.07, 6.45) is 28.0. The average Bonchev–Trinajstić information content (AvgIpc) is 2.82. The van der Waals surface area contributed by atoms with Crippen LogP contribution in [0.4, 0.5) is 0 Å². The fourth-order valence-electron chi connectivity index (χ4n) is 6.11. The van der Waals surface area contributed by atoms with Gasteiger partial charge in [0, 0.05) is 4.83 Å². The molecule has 0 saturated carbocycles. The van der Waals surface area contributed by atoms with Crippen molar-refractivity contribution in [3.63, 3.8) is 0 Å². The Labute approximate surface area is 205 Å². The minimum absolute atomic E-state index is 0.295. The first-order valence-corrected chi connectivity index (χ1v) is 13.8. The maximum atomic E-state index is 3.91. The second-order valence-electron chi connectivity index (χ2n) is 11.0. The standard InChI is InChI=1S/C31H41Br/c1-23-11-17-30(32)18-15-26-10-6-5-9-25(26)12-13-27(23)22-28-14-16-29(21-24(28)2)31(3)19-7-4-8-20-31/h4-11,14,16-17,19,23-24,27-30H,12-13,15,18,20-22H2,1-3H3. The number of benzene rings is 1. The number of fused-ring (bicyclic) bond motifs is 1. The fourth-order valence-corrected chi connectivity index (χ4v) is 6.52. The maximum Gasteiger partial charge on any atom is 0.0328 e. The molecule has 0 fully saturated rings. The van der Waals surface area contributed by atoms with Crippen molar-refractivity contribution >= 4 is 15.9 Å². The highest BCUT2D eigenvalue weighted by Gasteiger charge is 2.35. The second-order valence-corrected chi connectivity index (χ2v) is 12.1. The van der Waals surface area contributed by atoms with Crippen LogP contribution >= 0.6 is 15.9 Å². The van der Waals surface area contributed by atoms with Crippen LogP contribution in [-0.2, 0) is 12.8 Å². The minimum atomic E-state index is 0.295. The van der Waals surface area contributed by atoms with Crippen LogP contribution in [0.2, 0.25) is 0 Å². The smallest absolute Gasteiger partial charge is 0.0328 e. The molecule has 3 aliphatic rings. The van der Waals surface area contributed by atoms with Crippen molar-refractivity contribution in [2.24, 2.45) is 35.0 Å². The average molecular weight is 494 g/mol. The molecule has 1 heteroatoms. The molecule has 0 heterocycles. The van der Waals surface area contributed by atoms with E-state index < -0.39 is 0 Å². The zero-order valence-corrected chi connectivity index (χ0v) is 21.8. The highest BCUT2D eigenvalue weighted by Crippen LogP contribution is 2.45. The second kappa shape index (κ2) is 10.7. The third-order valence-corrected chi connectivity index (χ3v) is 9.37. The van der Waals surface area contributed by atoms with Crippen LogP contribution in [0.15, 0.2) is 72.9 Å². The molecule has 3 aliphatic carbocycles. The normalized spacial score (nSPS) is 37.6. The van der Waals surface area contributed by atoms with Crippen LogP contribution in [0, 0.1) is 35.0 Å². The third kappa shape index (κ3) is 5.77. The summed E-state index contributed by atoms with van der Waals surface area (Å²) >= 11 is 3.91. The summed E-state index contributed by atoms with van der Waals surface area (Å²) in [5.41, 5.74) is 3.42. The van der Waals surface area contributed by atoms with Crippen molar-refractivity contribution in [3.8, 4) is 0 Å². The maximum absolute atomic E-state index is 3.91. The molecule has 7 atom stereocenters. The molecule has 172 valence electrons. The SMILES string of the molecule is CC1C=CC(Br)CCc2ccccc2CCC1CC1C=CC(C2(C)C=CC=CC2)CC1C. The molecule has 0 nitrogen and oxygen atoms in total. The van der Waals surface area contributed by atoms with Gasteiger partial charge in [0.25, 0.3) is 0 Å². The van der Waals surface area contributed by atoms with Crippen LogP contribution in [0.3, 0.4) is 0 Å². The Morgan fingerprint density at radius 1 is 0.938 bits per heavy atom. The van der Waals surface area contributed by atoms with Crippen molar-refractivity contribution in [3.05, 3.63) is 84.0 Å². The quantitative estimate of drug-likeness (QED) is 0.291.